The lowest BCUT2D eigenvalue weighted by Crippen LogP contribution is -2.26. The summed E-state index contributed by atoms with van der Waals surface area (Å²) in [7, 11) is 0. The summed E-state index contributed by atoms with van der Waals surface area (Å²) in [5.74, 6) is 5.46. The molecule has 0 aliphatic rings. The third-order valence-corrected chi connectivity index (χ3v) is 3.38. The third kappa shape index (κ3) is 2.38. The number of carbonyl (C=O) groups is 1. The molecule has 0 saturated carbocycles. The van der Waals surface area contributed by atoms with Gasteiger partial charge in [0.15, 0.2) is 0 Å². The van der Waals surface area contributed by atoms with E-state index in [4.69, 9.17) is 5.84 Å². The van der Waals surface area contributed by atoms with Crippen molar-refractivity contribution in [1.82, 2.24) is 0 Å². The molecule has 0 radical (unpaired) electrons. The molecule has 0 aliphatic carbocycles. The second kappa shape index (κ2) is 4.33. The van der Waals surface area contributed by atoms with Gasteiger partial charge in [-0.1, -0.05) is 6.07 Å². The zero-order valence-corrected chi connectivity index (χ0v) is 10.7. The molecule has 3 N–H and O–H groups in total. The Balaban J connectivity index is 3.18. The molecule has 15 heavy (non-hydrogen) atoms. The monoisotopic (exact) mass is 270 g/mol. The van der Waals surface area contributed by atoms with E-state index < -0.39 is 5.41 Å². The van der Waals surface area contributed by atoms with E-state index in [-0.39, 0.29) is 5.78 Å². The number of anilines is 1. The Morgan fingerprint density at radius 3 is 2.47 bits per heavy atom. The maximum absolute atomic E-state index is 11.5. The summed E-state index contributed by atoms with van der Waals surface area (Å²) in [5.41, 5.74) is 3.89. The van der Waals surface area contributed by atoms with Crippen LogP contribution in [0, 0.1) is 0 Å². The van der Waals surface area contributed by atoms with Crippen LogP contribution in [0.15, 0.2) is 22.7 Å². The van der Waals surface area contributed by atoms with Gasteiger partial charge in [-0.15, -0.1) is 0 Å². The first-order valence-corrected chi connectivity index (χ1v) is 5.46. The smallest absolute Gasteiger partial charge is 0.139 e. The highest BCUT2D eigenvalue weighted by Gasteiger charge is 2.26. The zero-order valence-electron chi connectivity index (χ0n) is 9.10. The van der Waals surface area contributed by atoms with E-state index >= 15 is 0 Å². The zero-order chi connectivity index (χ0) is 11.6. The van der Waals surface area contributed by atoms with Crippen LogP contribution in [-0.2, 0) is 10.2 Å². The molecule has 1 rings (SSSR count). The molecule has 0 bridgehead atoms. The van der Waals surface area contributed by atoms with E-state index in [1.54, 1.807) is 6.92 Å². The molecule has 3 nitrogen and oxygen atoms in total. The van der Waals surface area contributed by atoms with E-state index in [0.717, 1.165) is 15.7 Å². The highest BCUT2D eigenvalue weighted by atomic mass is 79.9. The molecule has 0 amide bonds. The standard InChI is InChI=1S/C11H15BrN2O/c1-7(15)11(2,3)8-4-5-10(14-13)9(12)6-8/h4-6,14H,13H2,1-3H3. The summed E-state index contributed by atoms with van der Waals surface area (Å²) in [5, 5.41) is 0. The van der Waals surface area contributed by atoms with Crippen molar-refractivity contribution in [2.75, 3.05) is 5.43 Å². The summed E-state index contributed by atoms with van der Waals surface area (Å²) in [6.07, 6.45) is 0. The third-order valence-electron chi connectivity index (χ3n) is 2.73. The SMILES string of the molecule is CC(=O)C(C)(C)c1ccc(NN)c(Br)c1. The van der Waals surface area contributed by atoms with E-state index in [0.29, 0.717) is 0 Å². The van der Waals surface area contributed by atoms with Crippen molar-refractivity contribution in [1.29, 1.82) is 0 Å². The van der Waals surface area contributed by atoms with Crippen molar-refractivity contribution in [3.63, 3.8) is 0 Å². The van der Waals surface area contributed by atoms with Crippen LogP contribution in [0.1, 0.15) is 26.3 Å². The molecule has 0 aromatic heterocycles. The maximum atomic E-state index is 11.5. The molecule has 0 unspecified atom stereocenters. The average Bonchev–Trinajstić information content (AvgIpc) is 2.17. The summed E-state index contributed by atoms with van der Waals surface area (Å²) in [6.45, 7) is 5.42. The van der Waals surface area contributed by atoms with Crippen LogP contribution >= 0.6 is 15.9 Å². The number of ketones is 1. The molecule has 4 heteroatoms. The molecule has 0 aliphatic heterocycles. The van der Waals surface area contributed by atoms with Gasteiger partial charge < -0.3 is 5.43 Å². The van der Waals surface area contributed by atoms with Crippen LogP contribution in [0.25, 0.3) is 0 Å². The van der Waals surface area contributed by atoms with Crippen molar-refractivity contribution in [3.05, 3.63) is 28.2 Å². The first-order chi connectivity index (χ1) is 6.89. The largest absolute Gasteiger partial charge is 0.323 e. The van der Waals surface area contributed by atoms with Crippen LogP contribution < -0.4 is 11.3 Å². The van der Waals surface area contributed by atoms with Gasteiger partial charge in [0.1, 0.15) is 5.78 Å². The lowest BCUT2D eigenvalue weighted by atomic mass is 9.81. The fraction of sp³-hybridized carbons (Fsp3) is 0.364. The van der Waals surface area contributed by atoms with E-state index in [1.807, 2.05) is 32.0 Å². The van der Waals surface area contributed by atoms with Gasteiger partial charge in [-0.2, -0.15) is 0 Å². The molecule has 0 fully saturated rings. The van der Waals surface area contributed by atoms with Gasteiger partial charge in [0, 0.05) is 9.89 Å². The lowest BCUT2D eigenvalue weighted by molar-refractivity contribution is -0.121. The highest BCUT2D eigenvalue weighted by molar-refractivity contribution is 9.10. The first-order valence-electron chi connectivity index (χ1n) is 4.67. The van der Waals surface area contributed by atoms with E-state index in [1.165, 1.54) is 0 Å². The summed E-state index contributed by atoms with van der Waals surface area (Å²) in [6, 6.07) is 5.67. The number of rotatable bonds is 3. The van der Waals surface area contributed by atoms with Gasteiger partial charge in [-0.05, 0) is 54.4 Å². The Kier molecular flexibility index (Phi) is 3.52. The fourth-order valence-electron chi connectivity index (χ4n) is 1.22. The Morgan fingerprint density at radius 1 is 1.47 bits per heavy atom. The number of hydrazine groups is 1. The Labute approximate surface area is 98.1 Å². The lowest BCUT2D eigenvalue weighted by Gasteiger charge is -2.22. The summed E-state index contributed by atoms with van der Waals surface area (Å²) >= 11 is 3.40. The Bertz CT molecular complexity index is 388. The first kappa shape index (κ1) is 12.2. The molecule has 82 valence electrons. The molecule has 0 spiro atoms. The minimum Gasteiger partial charge on any atom is -0.323 e. The van der Waals surface area contributed by atoms with Crippen molar-refractivity contribution in [3.8, 4) is 0 Å². The van der Waals surface area contributed by atoms with Gasteiger partial charge in [0.25, 0.3) is 0 Å². The van der Waals surface area contributed by atoms with Crippen molar-refractivity contribution in [2.24, 2.45) is 5.84 Å². The number of carbonyl (C=O) groups excluding carboxylic acids is 1. The number of nitrogens with one attached hydrogen (secondary N) is 1. The molecule has 1 aromatic carbocycles. The highest BCUT2D eigenvalue weighted by Crippen LogP contribution is 2.30. The minimum absolute atomic E-state index is 0.142. The van der Waals surface area contributed by atoms with Crippen molar-refractivity contribution < 1.29 is 4.79 Å². The van der Waals surface area contributed by atoms with Gasteiger partial charge in [0.05, 0.1) is 5.69 Å². The molecule has 0 atom stereocenters. The quantitative estimate of drug-likeness (QED) is 0.656. The predicted molar refractivity (Wildman–Crippen MR) is 65.7 cm³/mol. The molecule has 0 saturated heterocycles. The van der Waals surface area contributed by atoms with E-state index in [9.17, 15) is 4.79 Å². The second-order valence-electron chi connectivity index (χ2n) is 4.02. The Morgan fingerprint density at radius 2 is 2.07 bits per heavy atom. The van der Waals surface area contributed by atoms with Crippen LogP contribution in [0.2, 0.25) is 0 Å². The normalized spacial score (nSPS) is 11.3. The van der Waals surface area contributed by atoms with Gasteiger partial charge in [-0.25, -0.2) is 0 Å². The number of nitrogen functional groups attached to an aromatic ring is 1. The average molecular weight is 271 g/mol. The van der Waals surface area contributed by atoms with E-state index in [2.05, 4.69) is 21.4 Å². The van der Waals surface area contributed by atoms with Crippen LogP contribution in [0.5, 0.6) is 0 Å². The second-order valence-corrected chi connectivity index (χ2v) is 4.87. The molecular weight excluding hydrogens is 256 g/mol. The summed E-state index contributed by atoms with van der Waals surface area (Å²) < 4.78 is 0.858. The number of benzene rings is 1. The van der Waals surface area contributed by atoms with Crippen molar-refractivity contribution in [2.45, 2.75) is 26.2 Å². The number of hydrogen-bond donors (Lipinski definition) is 2. The summed E-state index contributed by atoms with van der Waals surface area (Å²) in [4.78, 5) is 11.5. The van der Waals surface area contributed by atoms with Gasteiger partial charge in [-0.3, -0.25) is 10.6 Å². The number of hydrogen-bond acceptors (Lipinski definition) is 3. The van der Waals surface area contributed by atoms with Gasteiger partial charge >= 0.3 is 0 Å². The van der Waals surface area contributed by atoms with Crippen LogP contribution in [0.3, 0.4) is 0 Å². The molecule has 1 aromatic rings. The number of Topliss-reactive ketones (excluding diaryl/α,β-unsaturated/α-hetero) is 1. The molecule has 0 heterocycles. The van der Waals surface area contributed by atoms with Crippen LogP contribution in [-0.4, -0.2) is 5.78 Å². The van der Waals surface area contributed by atoms with Gasteiger partial charge in [0.2, 0.25) is 0 Å². The van der Waals surface area contributed by atoms with Crippen LogP contribution in [0.4, 0.5) is 5.69 Å². The predicted octanol–water partition coefficient (Wildman–Crippen LogP) is 2.60. The minimum atomic E-state index is -0.463. The number of halogens is 1. The fourth-order valence-corrected chi connectivity index (χ4v) is 1.72. The molecular formula is C11H15BrN2O. The van der Waals surface area contributed by atoms with Crippen molar-refractivity contribution >= 4 is 27.4 Å². The Hall–Kier alpha value is -0.870. The topological polar surface area (TPSA) is 55.1 Å². The number of nitrogens with two attached hydrogens (primary N) is 1. The maximum Gasteiger partial charge on any atom is 0.139 e.